The van der Waals surface area contributed by atoms with Gasteiger partial charge in [-0.3, -0.25) is 5.32 Å². The Bertz CT molecular complexity index is 2160. The number of rotatable bonds is 7. The number of hydrogen-bond donors (Lipinski definition) is 3. The van der Waals surface area contributed by atoms with E-state index in [9.17, 15) is 18.0 Å². The second-order valence-electron chi connectivity index (χ2n) is 12.4. The van der Waals surface area contributed by atoms with Crippen LogP contribution in [0.1, 0.15) is 36.8 Å². The number of alkyl halides is 3. The van der Waals surface area contributed by atoms with Gasteiger partial charge in [-0.1, -0.05) is 47.6 Å². The lowest BCUT2D eigenvalue weighted by Crippen LogP contribution is -2.39. The number of aromatic nitrogens is 6. The Hall–Kier alpha value is -5.79. The molecule has 58 heavy (non-hydrogen) atoms. The Morgan fingerprint density at radius 1 is 0.759 bits per heavy atom. The van der Waals surface area contributed by atoms with E-state index in [1.54, 1.807) is 48.0 Å². The molecule has 0 bridgehead atoms. The van der Waals surface area contributed by atoms with Crippen molar-refractivity contribution in [1.29, 1.82) is 0 Å². The van der Waals surface area contributed by atoms with Gasteiger partial charge in [0, 0.05) is 44.1 Å². The van der Waals surface area contributed by atoms with Crippen molar-refractivity contribution in [2.75, 3.05) is 31.5 Å². The molecule has 0 atom stereocenters. The number of aliphatic carboxylic acids is 1. The van der Waals surface area contributed by atoms with Crippen molar-refractivity contribution in [1.82, 2.24) is 40.3 Å². The van der Waals surface area contributed by atoms with E-state index < -0.39 is 12.1 Å². The van der Waals surface area contributed by atoms with Crippen molar-refractivity contribution in [3.63, 3.8) is 0 Å². The minimum absolute atomic E-state index is 0.153. The SMILES string of the molecule is Brc1cnc(Oc2cccc(C=C3CCNCC3)c2)nc1.O=C(Nc1cccnn1)N1CCC(=Cc2cccc(Oc3ncc(Br)cn3)c2)CC1.O=C(O)C(F)(F)F. The second-order valence-corrected chi connectivity index (χ2v) is 14.2. The van der Waals surface area contributed by atoms with E-state index in [1.165, 1.54) is 11.1 Å². The van der Waals surface area contributed by atoms with E-state index in [1.807, 2.05) is 42.5 Å². The molecule has 0 unspecified atom stereocenters. The van der Waals surface area contributed by atoms with E-state index >= 15 is 0 Å². The zero-order valence-electron chi connectivity index (χ0n) is 30.6. The van der Waals surface area contributed by atoms with E-state index in [0.29, 0.717) is 36.7 Å². The van der Waals surface area contributed by atoms with Crippen molar-refractivity contribution in [3.8, 4) is 23.5 Å². The molecule has 302 valence electrons. The Labute approximate surface area is 347 Å². The van der Waals surface area contributed by atoms with E-state index in [-0.39, 0.29) is 6.03 Å². The molecule has 2 saturated heterocycles. The minimum Gasteiger partial charge on any atom is -0.475 e. The number of carboxylic acid groups (broad SMARTS) is 1. The molecule has 14 nitrogen and oxygen atoms in total. The first-order valence-electron chi connectivity index (χ1n) is 17.6. The van der Waals surface area contributed by atoms with Crippen LogP contribution in [0.15, 0.2) is 112 Å². The molecule has 2 fully saturated rings. The fourth-order valence-electron chi connectivity index (χ4n) is 5.31. The molecule has 3 N–H and O–H groups in total. The Balaban J connectivity index is 0.000000198. The summed E-state index contributed by atoms with van der Waals surface area (Å²) in [6.07, 6.45) is 11.4. The predicted molar refractivity (Wildman–Crippen MR) is 216 cm³/mol. The van der Waals surface area contributed by atoms with Gasteiger partial charge in [-0.25, -0.2) is 29.5 Å². The van der Waals surface area contributed by atoms with Gasteiger partial charge in [0.2, 0.25) is 0 Å². The first-order chi connectivity index (χ1) is 27.9. The molecule has 0 aliphatic carbocycles. The summed E-state index contributed by atoms with van der Waals surface area (Å²) in [5.41, 5.74) is 4.96. The van der Waals surface area contributed by atoms with Crippen LogP contribution >= 0.6 is 31.9 Å². The summed E-state index contributed by atoms with van der Waals surface area (Å²) in [4.78, 5) is 39.5. The van der Waals surface area contributed by atoms with Crippen molar-refractivity contribution in [3.05, 3.63) is 123 Å². The lowest BCUT2D eigenvalue weighted by atomic mass is 10.0. The maximum atomic E-state index is 12.4. The first-order valence-corrected chi connectivity index (χ1v) is 19.2. The molecule has 0 saturated carbocycles. The summed E-state index contributed by atoms with van der Waals surface area (Å²) < 4.78 is 44.8. The Kier molecular flexibility index (Phi) is 16.2. The first kappa shape index (κ1) is 43.3. The zero-order chi connectivity index (χ0) is 41.3. The van der Waals surface area contributed by atoms with Gasteiger partial charge in [0.05, 0.1) is 8.95 Å². The van der Waals surface area contributed by atoms with Gasteiger partial charge in [-0.15, -0.1) is 5.10 Å². The van der Waals surface area contributed by atoms with Crippen molar-refractivity contribution < 1.29 is 37.3 Å². The van der Waals surface area contributed by atoms with Gasteiger partial charge in [0.25, 0.3) is 0 Å². The van der Waals surface area contributed by atoms with Crippen LogP contribution in [0.3, 0.4) is 0 Å². The quantitative estimate of drug-likeness (QED) is 0.141. The van der Waals surface area contributed by atoms with Gasteiger partial charge in [0.15, 0.2) is 5.82 Å². The lowest BCUT2D eigenvalue weighted by Gasteiger charge is -2.28. The lowest BCUT2D eigenvalue weighted by molar-refractivity contribution is -0.192. The minimum atomic E-state index is -5.08. The molecule has 0 spiro atoms. The number of anilines is 1. The number of halogens is 5. The molecule has 2 aliphatic rings. The number of amides is 2. The van der Waals surface area contributed by atoms with Crippen LogP contribution in [0.2, 0.25) is 0 Å². The van der Waals surface area contributed by atoms with Gasteiger partial charge in [0.1, 0.15) is 11.5 Å². The standard InChI is InChI=1S/C21H19BrN6O2.C16H16BrN3O.C2HF3O2/c22-17-13-23-20(24-14-17)30-18-4-1-3-16(12-18)11-15-6-9-28(10-7-15)21(29)26-19-5-2-8-25-27-19;17-14-10-19-16(20-11-14)21-15-3-1-2-13(9-15)8-12-4-6-18-7-5-12;3-2(4,5)1(6)7/h1-5,8,11-14H,6-7,9-10H2,(H,26,27,29);1-3,8-11,18H,4-7H2;(H,6,7). The maximum Gasteiger partial charge on any atom is 0.490 e. The molecular weight excluding hydrogens is 891 g/mol. The van der Waals surface area contributed by atoms with E-state index in [0.717, 1.165) is 64.6 Å². The normalized spacial score (nSPS) is 13.8. The number of carboxylic acids is 1. The van der Waals surface area contributed by atoms with Crippen LogP contribution in [0, 0.1) is 0 Å². The van der Waals surface area contributed by atoms with Crippen LogP contribution < -0.4 is 20.1 Å². The monoisotopic (exact) mass is 925 g/mol. The van der Waals surface area contributed by atoms with E-state index in [4.69, 9.17) is 19.4 Å². The second kappa shape index (κ2) is 21.7. The topological polar surface area (TPSA) is 177 Å². The molecule has 3 aromatic heterocycles. The highest BCUT2D eigenvalue weighted by atomic mass is 79.9. The third-order valence-corrected chi connectivity index (χ3v) is 8.88. The predicted octanol–water partition coefficient (Wildman–Crippen LogP) is 8.96. The van der Waals surface area contributed by atoms with Gasteiger partial charge in [-0.2, -0.15) is 18.3 Å². The number of carbonyl (C=O) groups excluding carboxylic acids is 1. The van der Waals surface area contributed by atoms with Gasteiger partial charge >= 0.3 is 30.2 Å². The summed E-state index contributed by atoms with van der Waals surface area (Å²) in [7, 11) is 0. The number of nitrogens with zero attached hydrogens (tertiary/aromatic N) is 7. The zero-order valence-corrected chi connectivity index (χ0v) is 33.7. The third kappa shape index (κ3) is 14.9. The van der Waals surface area contributed by atoms with E-state index in [2.05, 4.69) is 90.8 Å². The van der Waals surface area contributed by atoms with Crippen LogP contribution in [0.5, 0.6) is 23.5 Å². The number of ether oxygens (including phenoxy) is 2. The highest BCUT2D eigenvalue weighted by molar-refractivity contribution is 9.10. The third-order valence-electron chi connectivity index (χ3n) is 8.06. The molecule has 0 radical (unpaired) electrons. The Morgan fingerprint density at radius 3 is 1.69 bits per heavy atom. The average molecular weight is 928 g/mol. The number of benzene rings is 2. The van der Waals surface area contributed by atoms with Crippen LogP contribution in [0.25, 0.3) is 12.2 Å². The summed E-state index contributed by atoms with van der Waals surface area (Å²) in [6.45, 7) is 3.44. The molecule has 5 heterocycles. The number of hydrogen-bond acceptors (Lipinski definition) is 11. The number of likely N-dealkylation sites (tertiary alicyclic amines) is 1. The summed E-state index contributed by atoms with van der Waals surface area (Å²) >= 11 is 6.61. The molecule has 7 rings (SSSR count). The number of nitrogens with one attached hydrogen (secondary N) is 2. The summed E-state index contributed by atoms with van der Waals surface area (Å²) in [5, 5.41) is 20.9. The molecule has 2 amide bonds. The molecule has 5 aromatic rings. The van der Waals surface area contributed by atoms with Crippen LogP contribution in [-0.2, 0) is 4.79 Å². The van der Waals surface area contributed by atoms with Gasteiger partial charge in [-0.05, 0) is 118 Å². The van der Waals surface area contributed by atoms with Crippen LogP contribution in [-0.4, -0.2) is 84.5 Å². The largest absolute Gasteiger partial charge is 0.490 e. The number of carbonyl (C=O) groups is 2. The smallest absolute Gasteiger partial charge is 0.475 e. The molecular formula is C39H36Br2F3N9O5. The summed E-state index contributed by atoms with van der Waals surface area (Å²) in [6, 6.07) is 19.7. The maximum absolute atomic E-state index is 12.4. The molecule has 2 aliphatic heterocycles. The number of urea groups is 1. The summed E-state index contributed by atoms with van der Waals surface area (Å²) in [5.74, 6) is -0.879. The van der Waals surface area contributed by atoms with Crippen LogP contribution in [0.4, 0.5) is 23.8 Å². The van der Waals surface area contributed by atoms with Crippen molar-refractivity contribution >= 4 is 61.8 Å². The molecule has 19 heteroatoms. The Morgan fingerprint density at radius 2 is 1.24 bits per heavy atom. The number of piperidine rings is 2. The average Bonchev–Trinajstić information content (AvgIpc) is 3.21. The highest BCUT2D eigenvalue weighted by Gasteiger charge is 2.38. The highest BCUT2D eigenvalue weighted by Crippen LogP contribution is 2.25. The fraction of sp³-hybridized carbons (Fsp3) is 0.231. The van der Waals surface area contributed by atoms with Crippen molar-refractivity contribution in [2.45, 2.75) is 31.9 Å². The van der Waals surface area contributed by atoms with Gasteiger partial charge < -0.3 is 24.8 Å². The fourth-order valence-corrected chi connectivity index (χ4v) is 5.72. The molecule has 2 aromatic carbocycles. The van der Waals surface area contributed by atoms with Crippen molar-refractivity contribution in [2.24, 2.45) is 0 Å².